The van der Waals surface area contributed by atoms with Crippen molar-refractivity contribution in [3.05, 3.63) is 65.0 Å². The van der Waals surface area contributed by atoms with Crippen molar-refractivity contribution in [2.24, 2.45) is 0 Å². The monoisotopic (exact) mass is 478 g/mol. The fraction of sp³-hybridized carbons (Fsp3) is 0.280. The second kappa shape index (κ2) is 11.8. The molecule has 0 unspecified atom stereocenters. The predicted octanol–water partition coefficient (Wildman–Crippen LogP) is 5.25. The van der Waals surface area contributed by atoms with Crippen LogP contribution in [0, 0.1) is 10.1 Å². The van der Waals surface area contributed by atoms with E-state index in [2.05, 4.69) is 20.3 Å². The summed E-state index contributed by atoms with van der Waals surface area (Å²) < 4.78 is 11.1. The molecular formula is C25H30N6O4. The van der Waals surface area contributed by atoms with E-state index in [0.717, 1.165) is 16.5 Å². The quantitative estimate of drug-likeness (QED) is 0.247. The standard InChI is InChI=1S/C23H24N6O4.C2H6/c1-28(2)10-11-33-22-13-21(32-3)19(12-20(22)29(30)31)27-23-24-9-8-18(26-23)16-14-25-17-7-5-4-6-15(16)17;1-2/h4-9,12-14,25H,10-11H2,1-3H3,(H,24,26,27);1-2H3. The first-order valence-corrected chi connectivity index (χ1v) is 11.3. The number of H-pyrrole nitrogens is 1. The molecule has 0 saturated heterocycles. The van der Waals surface area contributed by atoms with Crippen LogP contribution < -0.4 is 14.8 Å². The number of anilines is 2. The Hall–Kier alpha value is -4.18. The van der Waals surface area contributed by atoms with E-state index in [1.165, 1.54) is 19.2 Å². The summed E-state index contributed by atoms with van der Waals surface area (Å²) in [6.45, 7) is 4.92. The van der Waals surface area contributed by atoms with Gasteiger partial charge in [-0.1, -0.05) is 32.0 Å². The number of ether oxygens (including phenoxy) is 2. The molecule has 10 heteroatoms. The minimum atomic E-state index is -0.487. The first kappa shape index (κ1) is 25.4. The van der Waals surface area contributed by atoms with Gasteiger partial charge in [0.2, 0.25) is 11.7 Å². The van der Waals surface area contributed by atoms with Crippen LogP contribution in [0.15, 0.2) is 54.9 Å². The molecule has 4 aromatic rings. The Morgan fingerprint density at radius 3 is 2.63 bits per heavy atom. The molecule has 0 aliphatic rings. The van der Waals surface area contributed by atoms with Gasteiger partial charge in [-0.15, -0.1) is 0 Å². The smallest absolute Gasteiger partial charge is 0.313 e. The van der Waals surface area contributed by atoms with E-state index in [-0.39, 0.29) is 17.4 Å². The minimum absolute atomic E-state index is 0.137. The summed E-state index contributed by atoms with van der Waals surface area (Å²) in [5.41, 5.74) is 2.83. The molecule has 0 aliphatic heterocycles. The Balaban J connectivity index is 0.00000167. The third-order valence-electron chi connectivity index (χ3n) is 5.04. The molecule has 35 heavy (non-hydrogen) atoms. The average Bonchev–Trinajstić information content (AvgIpc) is 3.30. The third kappa shape index (κ3) is 6.04. The lowest BCUT2D eigenvalue weighted by Gasteiger charge is -2.15. The van der Waals surface area contributed by atoms with Gasteiger partial charge in [-0.2, -0.15) is 0 Å². The Kier molecular flexibility index (Phi) is 8.58. The van der Waals surface area contributed by atoms with Crippen molar-refractivity contribution in [3.8, 4) is 22.8 Å². The zero-order valence-electron chi connectivity index (χ0n) is 20.5. The lowest BCUT2D eigenvalue weighted by molar-refractivity contribution is -0.385. The molecule has 0 bridgehead atoms. The van der Waals surface area contributed by atoms with E-state index in [4.69, 9.17) is 9.47 Å². The predicted molar refractivity (Wildman–Crippen MR) is 138 cm³/mol. The van der Waals surface area contributed by atoms with E-state index < -0.39 is 4.92 Å². The fourth-order valence-corrected chi connectivity index (χ4v) is 3.39. The van der Waals surface area contributed by atoms with Gasteiger partial charge >= 0.3 is 5.69 Å². The van der Waals surface area contributed by atoms with Crippen LogP contribution in [0.25, 0.3) is 22.2 Å². The number of benzene rings is 2. The molecule has 0 amide bonds. The van der Waals surface area contributed by atoms with Crippen molar-refractivity contribution < 1.29 is 14.4 Å². The summed E-state index contributed by atoms with van der Waals surface area (Å²) >= 11 is 0. The molecule has 10 nitrogen and oxygen atoms in total. The molecular weight excluding hydrogens is 448 g/mol. The van der Waals surface area contributed by atoms with Crippen LogP contribution in [0.4, 0.5) is 17.3 Å². The first-order chi connectivity index (χ1) is 17.0. The number of nitro benzene ring substituents is 1. The number of hydrogen-bond acceptors (Lipinski definition) is 8. The van der Waals surface area contributed by atoms with Crippen LogP contribution in [0.5, 0.6) is 11.5 Å². The summed E-state index contributed by atoms with van der Waals surface area (Å²) in [5, 5.41) is 15.8. The maximum Gasteiger partial charge on any atom is 0.313 e. The van der Waals surface area contributed by atoms with E-state index >= 15 is 0 Å². The molecule has 184 valence electrons. The van der Waals surface area contributed by atoms with Crippen molar-refractivity contribution in [1.82, 2.24) is 19.9 Å². The van der Waals surface area contributed by atoms with Gasteiger partial charge in [0, 0.05) is 47.5 Å². The van der Waals surface area contributed by atoms with Crippen LogP contribution in [-0.2, 0) is 0 Å². The number of methoxy groups -OCH3 is 1. The van der Waals surface area contributed by atoms with Gasteiger partial charge in [0.1, 0.15) is 12.4 Å². The van der Waals surface area contributed by atoms with Gasteiger partial charge in [0.15, 0.2) is 0 Å². The van der Waals surface area contributed by atoms with Gasteiger partial charge in [-0.3, -0.25) is 10.1 Å². The lowest BCUT2D eigenvalue weighted by atomic mass is 10.1. The van der Waals surface area contributed by atoms with Crippen LogP contribution >= 0.6 is 0 Å². The summed E-state index contributed by atoms with van der Waals surface area (Å²) in [5.74, 6) is 0.797. The Morgan fingerprint density at radius 1 is 1.14 bits per heavy atom. The normalized spacial score (nSPS) is 10.6. The van der Waals surface area contributed by atoms with Crippen LogP contribution in [0.1, 0.15) is 13.8 Å². The van der Waals surface area contributed by atoms with Crippen molar-refractivity contribution in [1.29, 1.82) is 0 Å². The minimum Gasteiger partial charge on any atom is -0.494 e. The first-order valence-electron chi connectivity index (χ1n) is 11.3. The topological polar surface area (TPSA) is 118 Å². The fourth-order valence-electron chi connectivity index (χ4n) is 3.39. The zero-order chi connectivity index (χ0) is 25.4. The van der Waals surface area contributed by atoms with Crippen molar-refractivity contribution >= 4 is 28.2 Å². The van der Waals surface area contributed by atoms with Gasteiger partial charge in [0.05, 0.1) is 23.4 Å². The van der Waals surface area contributed by atoms with Crippen LogP contribution in [0.3, 0.4) is 0 Å². The third-order valence-corrected chi connectivity index (χ3v) is 5.04. The molecule has 0 saturated carbocycles. The number of rotatable bonds is 9. The van der Waals surface area contributed by atoms with E-state index in [0.29, 0.717) is 30.3 Å². The maximum atomic E-state index is 11.7. The number of nitro groups is 1. The number of para-hydroxylation sites is 1. The van der Waals surface area contributed by atoms with Crippen molar-refractivity contribution in [2.45, 2.75) is 13.8 Å². The average molecular weight is 479 g/mol. The van der Waals surface area contributed by atoms with Crippen molar-refractivity contribution in [3.63, 3.8) is 0 Å². The molecule has 2 aromatic carbocycles. The molecule has 2 aromatic heterocycles. The molecule has 2 N–H and O–H groups in total. The molecule has 0 atom stereocenters. The van der Waals surface area contributed by atoms with Gasteiger partial charge in [-0.25, -0.2) is 9.97 Å². The second-order valence-corrected chi connectivity index (χ2v) is 7.57. The molecule has 0 fully saturated rings. The van der Waals surface area contributed by atoms with Gasteiger partial charge < -0.3 is 24.7 Å². The van der Waals surface area contributed by atoms with Gasteiger partial charge in [-0.05, 0) is 26.2 Å². The Labute approximate surface area is 204 Å². The van der Waals surface area contributed by atoms with Crippen molar-refractivity contribution in [2.75, 3.05) is 39.7 Å². The van der Waals surface area contributed by atoms with E-state index in [1.54, 1.807) is 6.20 Å². The Morgan fingerprint density at radius 2 is 1.91 bits per heavy atom. The maximum absolute atomic E-state index is 11.7. The number of likely N-dealkylation sites (N-methyl/N-ethyl adjacent to an activating group) is 1. The summed E-state index contributed by atoms with van der Waals surface area (Å²) in [4.78, 5) is 25.2. The number of hydrogen-bond donors (Lipinski definition) is 2. The molecule has 0 spiro atoms. The summed E-state index contributed by atoms with van der Waals surface area (Å²) in [7, 11) is 5.28. The van der Waals surface area contributed by atoms with Crippen LogP contribution in [-0.4, -0.2) is 59.1 Å². The number of fused-ring (bicyclic) bond motifs is 1. The SMILES string of the molecule is CC.COc1cc(OCCN(C)C)c([N+](=O)[O-])cc1Nc1nccc(-c2c[nH]c3ccccc23)n1. The molecule has 0 aliphatic carbocycles. The highest BCUT2D eigenvalue weighted by Gasteiger charge is 2.21. The molecule has 0 radical (unpaired) electrons. The lowest BCUT2D eigenvalue weighted by Crippen LogP contribution is -2.19. The number of nitrogens with zero attached hydrogens (tertiary/aromatic N) is 4. The summed E-state index contributed by atoms with van der Waals surface area (Å²) in [6.07, 6.45) is 3.52. The largest absolute Gasteiger partial charge is 0.494 e. The highest BCUT2D eigenvalue weighted by Crippen LogP contribution is 2.39. The summed E-state index contributed by atoms with van der Waals surface area (Å²) in [6, 6.07) is 12.6. The highest BCUT2D eigenvalue weighted by molar-refractivity contribution is 5.94. The zero-order valence-corrected chi connectivity index (χ0v) is 20.5. The molecule has 4 rings (SSSR count). The number of aromatic nitrogens is 3. The van der Waals surface area contributed by atoms with Gasteiger partial charge in [0.25, 0.3) is 0 Å². The molecule has 2 heterocycles. The van der Waals surface area contributed by atoms with Crippen LogP contribution in [0.2, 0.25) is 0 Å². The number of nitrogens with one attached hydrogen (secondary N) is 2. The second-order valence-electron chi connectivity index (χ2n) is 7.57. The van der Waals surface area contributed by atoms with E-state index in [9.17, 15) is 10.1 Å². The highest BCUT2D eigenvalue weighted by atomic mass is 16.6. The Bertz CT molecular complexity index is 1290. The number of aromatic amines is 1. The van der Waals surface area contributed by atoms with E-state index in [1.807, 2.05) is 69.4 Å².